The number of carbonyl (C=O) groups is 2. The van der Waals surface area contributed by atoms with Crippen LogP contribution in [0.5, 0.6) is 0 Å². The highest BCUT2D eigenvalue weighted by molar-refractivity contribution is 8.14. The highest BCUT2D eigenvalue weighted by Crippen LogP contribution is 2.64. The second-order valence-corrected chi connectivity index (χ2v) is 15.5. The van der Waals surface area contributed by atoms with E-state index in [-0.39, 0.29) is 54.4 Å². The predicted octanol–water partition coefficient (Wildman–Crippen LogP) is 3.10. The van der Waals surface area contributed by atoms with Crippen LogP contribution in [0.4, 0.5) is 0 Å². The summed E-state index contributed by atoms with van der Waals surface area (Å²) in [6.45, 7) is 10.2. The van der Waals surface area contributed by atoms with Crippen LogP contribution < -0.4 is 11.2 Å². The summed E-state index contributed by atoms with van der Waals surface area (Å²) < 4.78 is 37.1. The first-order chi connectivity index (χ1) is 17.9. The molecule has 2 fully saturated rings. The summed E-state index contributed by atoms with van der Waals surface area (Å²) >= 11 is 2.08. The van der Waals surface area contributed by atoms with Crippen LogP contribution in [0.3, 0.4) is 0 Å². The molecule has 15 heteroatoms. The molecule has 1 aliphatic carbocycles. The zero-order chi connectivity index (χ0) is 29.3. The van der Waals surface area contributed by atoms with Crippen molar-refractivity contribution >= 4 is 41.6 Å². The summed E-state index contributed by atoms with van der Waals surface area (Å²) in [5.74, 6) is 0.430. The fourth-order valence-corrected chi connectivity index (χ4v) is 6.79. The van der Waals surface area contributed by atoms with Crippen LogP contribution in [-0.4, -0.2) is 67.4 Å². The molecule has 0 unspecified atom stereocenters. The Hall–Kier alpha value is -1.25. The highest BCUT2D eigenvalue weighted by atomic mass is 32.2. The molecule has 1 saturated heterocycles. The Morgan fingerprint density at radius 3 is 2.10 bits per heavy atom. The molecule has 2 aliphatic rings. The molecule has 0 aromatic carbocycles. The van der Waals surface area contributed by atoms with Crippen LogP contribution in [0.25, 0.3) is 0 Å². The van der Waals surface area contributed by atoms with Gasteiger partial charge in [0.25, 0.3) is 5.56 Å². The normalized spacial score (nSPS) is 24.9. The molecule has 1 aromatic heterocycles. The Kier molecular flexibility index (Phi) is 9.87. The zero-order valence-electron chi connectivity index (χ0n) is 23.0. The van der Waals surface area contributed by atoms with E-state index in [1.54, 1.807) is 41.5 Å². The van der Waals surface area contributed by atoms with E-state index in [9.17, 15) is 28.8 Å². The first-order valence-corrected chi connectivity index (χ1v) is 15.9. The van der Waals surface area contributed by atoms with Crippen LogP contribution >= 0.6 is 31.3 Å². The number of phosphoric ester groups is 1. The van der Waals surface area contributed by atoms with E-state index < -0.39 is 47.3 Å². The van der Waals surface area contributed by atoms with Gasteiger partial charge in [0.1, 0.15) is 17.4 Å². The van der Waals surface area contributed by atoms with E-state index in [4.69, 9.17) is 18.3 Å². The fraction of sp³-hybridized carbons (Fsp3) is 0.750. The maximum atomic E-state index is 13.5. The van der Waals surface area contributed by atoms with Crippen molar-refractivity contribution < 1.29 is 37.6 Å². The largest absolute Gasteiger partial charge is 0.474 e. The van der Waals surface area contributed by atoms with Crippen molar-refractivity contribution in [2.24, 2.45) is 10.8 Å². The van der Waals surface area contributed by atoms with Gasteiger partial charge in [0.2, 0.25) is 0 Å². The van der Waals surface area contributed by atoms with Crippen molar-refractivity contribution in [2.75, 3.05) is 31.3 Å². The first-order valence-electron chi connectivity index (χ1n) is 12.5. The Bertz CT molecular complexity index is 1200. The summed E-state index contributed by atoms with van der Waals surface area (Å²) in [4.78, 5) is 50.0. The molecular formula is C24H37N2O10PS2. The quantitative estimate of drug-likeness (QED) is 0.264. The van der Waals surface area contributed by atoms with Gasteiger partial charge < -0.3 is 9.84 Å². The lowest BCUT2D eigenvalue weighted by Crippen LogP contribution is -2.33. The van der Waals surface area contributed by atoms with Crippen molar-refractivity contribution in [1.82, 2.24) is 9.55 Å². The van der Waals surface area contributed by atoms with Crippen LogP contribution in [0.2, 0.25) is 0 Å². The number of aromatic amines is 1. The molecule has 2 heterocycles. The van der Waals surface area contributed by atoms with Crippen LogP contribution in [-0.2, 0) is 32.5 Å². The van der Waals surface area contributed by atoms with E-state index in [2.05, 4.69) is 4.98 Å². The van der Waals surface area contributed by atoms with Gasteiger partial charge in [0.05, 0.1) is 19.8 Å². The Balaban J connectivity index is 1.62. The van der Waals surface area contributed by atoms with Crippen molar-refractivity contribution in [3.8, 4) is 0 Å². The molecule has 0 bridgehead atoms. The Morgan fingerprint density at radius 1 is 1.08 bits per heavy atom. The van der Waals surface area contributed by atoms with Gasteiger partial charge in [-0.05, 0) is 0 Å². The smallest absolute Gasteiger partial charge is 0.386 e. The molecule has 1 aliphatic heterocycles. The molecular weight excluding hydrogens is 571 g/mol. The monoisotopic (exact) mass is 608 g/mol. The van der Waals surface area contributed by atoms with E-state index in [0.29, 0.717) is 0 Å². The number of nitrogens with zero attached hydrogens (tertiary/aromatic N) is 1. The minimum absolute atomic E-state index is 0.0512. The van der Waals surface area contributed by atoms with E-state index in [1.165, 1.54) is 12.3 Å². The lowest BCUT2D eigenvalue weighted by Gasteiger charge is -2.23. The number of carbonyl (C=O) groups excluding carboxylic acids is 2. The number of phosphoric acid groups is 1. The second kappa shape index (κ2) is 11.9. The number of ether oxygens (including phenoxy) is 1. The van der Waals surface area contributed by atoms with Crippen LogP contribution in [0, 0.1) is 10.8 Å². The SMILES string of the molecule is CC(C)(C)C(=O)SCCOP(=O)(OCCSC(=O)C(C)(C)C)OC[C@]12C[C@]1(O)C[C@H](n1ccc(=O)[nH]c1=O)O2. The lowest BCUT2D eigenvalue weighted by molar-refractivity contribution is -0.118. The number of hydrogen-bond acceptors (Lipinski definition) is 12. The van der Waals surface area contributed by atoms with E-state index in [0.717, 1.165) is 28.1 Å². The number of nitrogens with one attached hydrogen (secondary N) is 1. The number of aliphatic hydroxyl groups is 1. The number of hydrogen-bond donors (Lipinski definition) is 2. The highest BCUT2D eigenvalue weighted by Gasteiger charge is 2.75. The van der Waals surface area contributed by atoms with Crippen LogP contribution in [0.15, 0.2) is 21.9 Å². The first kappa shape index (κ1) is 32.3. The molecule has 220 valence electrons. The standard InChI is InChI=1S/C24H37N2O10PS2/c1-21(2,3)18(28)38-11-9-33-37(32,34-10-12-39-19(29)22(4,5)6)35-15-24-14-23(24,31)13-17(36-24)26-8-7-16(27)25-20(26)30/h7-8,17,31H,9-15H2,1-6H3,(H,25,27,30)/t17-,23-,24-/m1/s1. The van der Waals surface area contributed by atoms with Gasteiger partial charge in [-0.25, -0.2) is 9.36 Å². The summed E-state index contributed by atoms with van der Waals surface area (Å²) in [5.41, 5.74) is -4.91. The number of thioether (sulfide) groups is 2. The van der Waals surface area contributed by atoms with Crippen molar-refractivity contribution in [1.29, 1.82) is 0 Å². The number of aromatic nitrogens is 2. The van der Waals surface area contributed by atoms with Gasteiger partial charge in [0, 0.05) is 47.4 Å². The Morgan fingerprint density at radius 2 is 1.62 bits per heavy atom. The number of fused-ring (bicyclic) bond motifs is 1. The van der Waals surface area contributed by atoms with E-state index >= 15 is 0 Å². The average Bonchev–Trinajstić information content (AvgIpc) is 3.27. The molecule has 0 spiro atoms. The molecule has 3 rings (SSSR count). The summed E-state index contributed by atoms with van der Waals surface area (Å²) in [6, 6.07) is 1.17. The van der Waals surface area contributed by atoms with Gasteiger partial charge in [-0.1, -0.05) is 65.1 Å². The zero-order valence-corrected chi connectivity index (χ0v) is 25.5. The third-order valence-corrected chi connectivity index (χ3v) is 10.1. The maximum absolute atomic E-state index is 13.5. The summed E-state index contributed by atoms with van der Waals surface area (Å²) in [7, 11) is -4.18. The molecule has 12 nitrogen and oxygen atoms in total. The summed E-state index contributed by atoms with van der Waals surface area (Å²) in [6.07, 6.45) is 0.655. The second-order valence-electron chi connectivity index (χ2n) is 11.7. The minimum Gasteiger partial charge on any atom is -0.386 e. The Labute approximate surface area is 235 Å². The van der Waals surface area contributed by atoms with E-state index in [1.807, 2.05) is 0 Å². The van der Waals surface area contributed by atoms with Crippen molar-refractivity contribution in [3.63, 3.8) is 0 Å². The molecule has 1 aromatic rings. The third-order valence-electron chi connectivity index (χ3n) is 6.15. The van der Waals surface area contributed by atoms with Gasteiger partial charge in [-0.3, -0.25) is 37.5 Å². The number of H-pyrrole nitrogens is 1. The lowest BCUT2D eigenvalue weighted by atomic mass is 9.99. The molecule has 0 amide bonds. The fourth-order valence-electron chi connectivity index (χ4n) is 3.75. The summed E-state index contributed by atoms with van der Waals surface area (Å²) in [5, 5.41) is 10.8. The van der Waals surface area contributed by atoms with Gasteiger partial charge in [-0.2, -0.15) is 0 Å². The van der Waals surface area contributed by atoms with Gasteiger partial charge in [0.15, 0.2) is 10.2 Å². The molecule has 2 N–H and O–H groups in total. The van der Waals surface area contributed by atoms with Crippen molar-refractivity contribution in [3.05, 3.63) is 33.1 Å². The minimum atomic E-state index is -4.18. The number of rotatable bonds is 12. The van der Waals surface area contributed by atoms with Gasteiger partial charge >= 0.3 is 13.5 Å². The van der Waals surface area contributed by atoms with Crippen LogP contribution in [0.1, 0.15) is 60.6 Å². The molecule has 1 saturated carbocycles. The van der Waals surface area contributed by atoms with Crippen molar-refractivity contribution in [2.45, 2.75) is 71.8 Å². The molecule has 0 radical (unpaired) electrons. The van der Waals surface area contributed by atoms with Gasteiger partial charge in [-0.15, -0.1) is 0 Å². The molecule has 39 heavy (non-hydrogen) atoms. The maximum Gasteiger partial charge on any atom is 0.474 e. The predicted molar refractivity (Wildman–Crippen MR) is 148 cm³/mol. The third kappa shape index (κ3) is 8.16. The average molecular weight is 609 g/mol. The molecule has 3 atom stereocenters. The topological polar surface area (TPSA) is 163 Å².